The van der Waals surface area contributed by atoms with E-state index in [4.69, 9.17) is 0 Å². The van der Waals surface area contributed by atoms with Gasteiger partial charge in [-0.15, -0.1) is 0 Å². The minimum atomic E-state index is -0.0874. The molecule has 122 valence electrons. The first-order chi connectivity index (χ1) is 12.2. The van der Waals surface area contributed by atoms with Crippen LogP contribution in [0.3, 0.4) is 0 Å². The standard InChI is InChI=1S/C20H16N4O/c1-14-19(23-18-10-6-5-9-17(18)22-14)12-24-13-21-11-16(20(24)25)15-7-3-2-4-8-15/h2-11,13H,12H2,1H3. The second-order valence-corrected chi connectivity index (χ2v) is 5.85. The summed E-state index contributed by atoms with van der Waals surface area (Å²) in [6.07, 6.45) is 3.15. The molecular weight excluding hydrogens is 312 g/mol. The Morgan fingerprint density at radius 1 is 0.920 bits per heavy atom. The van der Waals surface area contributed by atoms with E-state index >= 15 is 0 Å². The van der Waals surface area contributed by atoms with Gasteiger partial charge in [-0.05, 0) is 24.6 Å². The van der Waals surface area contributed by atoms with Crippen molar-refractivity contribution in [2.24, 2.45) is 0 Å². The first-order valence-electron chi connectivity index (χ1n) is 8.04. The average Bonchev–Trinajstić information content (AvgIpc) is 2.64. The molecule has 2 aromatic carbocycles. The molecule has 5 heteroatoms. The molecule has 4 aromatic rings. The van der Waals surface area contributed by atoms with E-state index < -0.39 is 0 Å². The van der Waals surface area contributed by atoms with Gasteiger partial charge in [-0.2, -0.15) is 0 Å². The van der Waals surface area contributed by atoms with Gasteiger partial charge in [0.2, 0.25) is 0 Å². The molecule has 0 atom stereocenters. The Balaban J connectivity index is 1.77. The molecule has 0 unspecified atom stereocenters. The van der Waals surface area contributed by atoms with Gasteiger partial charge < -0.3 is 0 Å². The van der Waals surface area contributed by atoms with Crippen molar-refractivity contribution in [2.45, 2.75) is 13.5 Å². The molecule has 0 saturated carbocycles. The summed E-state index contributed by atoms with van der Waals surface area (Å²) in [6, 6.07) is 17.3. The maximum absolute atomic E-state index is 12.8. The highest BCUT2D eigenvalue weighted by molar-refractivity contribution is 5.74. The van der Waals surface area contributed by atoms with E-state index in [2.05, 4.69) is 15.0 Å². The lowest BCUT2D eigenvalue weighted by Gasteiger charge is -2.10. The van der Waals surface area contributed by atoms with Crippen LogP contribution in [0.4, 0.5) is 0 Å². The van der Waals surface area contributed by atoms with Crippen LogP contribution in [0.5, 0.6) is 0 Å². The fraction of sp³-hybridized carbons (Fsp3) is 0.100. The number of nitrogens with zero attached hydrogens (tertiary/aromatic N) is 4. The zero-order valence-corrected chi connectivity index (χ0v) is 13.8. The summed E-state index contributed by atoms with van der Waals surface area (Å²) in [4.78, 5) is 26.3. The molecule has 0 aliphatic heterocycles. The molecule has 0 spiro atoms. The van der Waals surface area contributed by atoms with Crippen molar-refractivity contribution in [1.29, 1.82) is 0 Å². The maximum Gasteiger partial charge on any atom is 0.261 e. The van der Waals surface area contributed by atoms with Gasteiger partial charge in [-0.1, -0.05) is 42.5 Å². The Kier molecular flexibility index (Phi) is 3.82. The predicted molar refractivity (Wildman–Crippen MR) is 97.3 cm³/mol. The quantitative estimate of drug-likeness (QED) is 0.579. The summed E-state index contributed by atoms with van der Waals surface area (Å²) in [5, 5.41) is 0. The summed E-state index contributed by atoms with van der Waals surface area (Å²) in [6.45, 7) is 2.25. The molecule has 0 fully saturated rings. The summed E-state index contributed by atoms with van der Waals surface area (Å²) < 4.78 is 1.58. The van der Waals surface area contributed by atoms with Gasteiger partial charge in [-0.3, -0.25) is 9.36 Å². The third-order valence-corrected chi connectivity index (χ3v) is 4.15. The van der Waals surface area contributed by atoms with Crippen LogP contribution in [-0.2, 0) is 6.54 Å². The second-order valence-electron chi connectivity index (χ2n) is 5.85. The molecular formula is C20H16N4O. The van der Waals surface area contributed by atoms with Gasteiger partial charge in [0, 0.05) is 6.20 Å². The SMILES string of the molecule is Cc1nc2ccccc2nc1Cn1cncc(-c2ccccc2)c1=O. The van der Waals surface area contributed by atoms with E-state index in [0.29, 0.717) is 12.1 Å². The van der Waals surface area contributed by atoms with Crippen LogP contribution in [0.1, 0.15) is 11.4 Å². The van der Waals surface area contributed by atoms with Crippen molar-refractivity contribution in [2.75, 3.05) is 0 Å². The van der Waals surface area contributed by atoms with Crippen LogP contribution in [0, 0.1) is 6.92 Å². The molecule has 0 aliphatic rings. The van der Waals surface area contributed by atoms with E-state index in [9.17, 15) is 4.79 Å². The van der Waals surface area contributed by atoms with E-state index in [1.807, 2.05) is 61.5 Å². The largest absolute Gasteiger partial charge is 0.293 e. The lowest BCUT2D eigenvalue weighted by molar-refractivity contribution is 0.715. The topological polar surface area (TPSA) is 60.7 Å². The van der Waals surface area contributed by atoms with E-state index in [1.165, 1.54) is 0 Å². The smallest absolute Gasteiger partial charge is 0.261 e. The van der Waals surface area contributed by atoms with E-state index in [-0.39, 0.29) is 5.56 Å². The molecule has 5 nitrogen and oxygen atoms in total. The van der Waals surface area contributed by atoms with Crippen molar-refractivity contribution in [1.82, 2.24) is 19.5 Å². The second kappa shape index (κ2) is 6.28. The molecule has 2 aromatic heterocycles. The van der Waals surface area contributed by atoms with Crippen molar-refractivity contribution >= 4 is 11.0 Å². The Hall–Kier alpha value is -3.34. The summed E-state index contributed by atoms with van der Waals surface area (Å²) in [5.74, 6) is 0. The molecule has 0 radical (unpaired) electrons. The van der Waals surface area contributed by atoms with Crippen LogP contribution in [-0.4, -0.2) is 19.5 Å². The fourth-order valence-corrected chi connectivity index (χ4v) is 2.81. The van der Waals surface area contributed by atoms with Gasteiger partial charge in [0.1, 0.15) is 0 Å². The first-order valence-corrected chi connectivity index (χ1v) is 8.04. The molecule has 2 heterocycles. The Morgan fingerprint density at radius 2 is 1.60 bits per heavy atom. The number of aromatic nitrogens is 4. The molecule has 0 saturated heterocycles. The van der Waals surface area contributed by atoms with Crippen molar-refractivity contribution in [3.63, 3.8) is 0 Å². The lowest BCUT2D eigenvalue weighted by atomic mass is 10.1. The third-order valence-electron chi connectivity index (χ3n) is 4.15. The number of hydrogen-bond acceptors (Lipinski definition) is 4. The molecule has 25 heavy (non-hydrogen) atoms. The lowest BCUT2D eigenvalue weighted by Crippen LogP contribution is -2.23. The minimum Gasteiger partial charge on any atom is -0.293 e. The monoisotopic (exact) mass is 328 g/mol. The zero-order chi connectivity index (χ0) is 17.2. The van der Waals surface area contributed by atoms with Gasteiger partial charge in [0.25, 0.3) is 5.56 Å². The Labute approximate surface area is 144 Å². The molecule has 4 rings (SSSR count). The normalized spacial score (nSPS) is 10.9. The van der Waals surface area contributed by atoms with Gasteiger partial charge in [0.15, 0.2) is 0 Å². The Morgan fingerprint density at radius 3 is 2.36 bits per heavy atom. The first kappa shape index (κ1) is 15.2. The van der Waals surface area contributed by atoms with E-state index in [1.54, 1.807) is 17.1 Å². The number of hydrogen-bond donors (Lipinski definition) is 0. The van der Waals surface area contributed by atoms with Gasteiger partial charge in [0.05, 0.1) is 40.9 Å². The zero-order valence-electron chi connectivity index (χ0n) is 13.8. The van der Waals surface area contributed by atoms with Crippen LogP contribution in [0.2, 0.25) is 0 Å². The molecule has 0 N–H and O–H groups in total. The van der Waals surface area contributed by atoms with Crippen LogP contribution < -0.4 is 5.56 Å². The number of benzene rings is 2. The summed E-state index contributed by atoms with van der Waals surface area (Å²) in [5.41, 5.74) is 4.61. The highest BCUT2D eigenvalue weighted by Gasteiger charge is 2.10. The average molecular weight is 328 g/mol. The number of aryl methyl sites for hydroxylation is 1. The highest BCUT2D eigenvalue weighted by atomic mass is 16.1. The van der Waals surface area contributed by atoms with Crippen molar-refractivity contribution < 1.29 is 0 Å². The number of rotatable bonds is 3. The fourth-order valence-electron chi connectivity index (χ4n) is 2.81. The van der Waals surface area contributed by atoms with Crippen LogP contribution in [0.25, 0.3) is 22.2 Å². The number of para-hydroxylation sites is 2. The van der Waals surface area contributed by atoms with Crippen LogP contribution in [0.15, 0.2) is 71.9 Å². The molecule has 0 aliphatic carbocycles. The summed E-state index contributed by atoms with van der Waals surface area (Å²) >= 11 is 0. The highest BCUT2D eigenvalue weighted by Crippen LogP contribution is 2.15. The molecule has 0 amide bonds. The minimum absolute atomic E-state index is 0.0874. The van der Waals surface area contributed by atoms with Crippen LogP contribution >= 0.6 is 0 Å². The van der Waals surface area contributed by atoms with Crippen molar-refractivity contribution in [3.05, 3.63) is 88.9 Å². The number of fused-ring (bicyclic) bond motifs is 1. The predicted octanol–water partition coefficient (Wildman–Crippen LogP) is 3.21. The summed E-state index contributed by atoms with van der Waals surface area (Å²) in [7, 11) is 0. The van der Waals surface area contributed by atoms with Crippen molar-refractivity contribution in [3.8, 4) is 11.1 Å². The van der Waals surface area contributed by atoms with Gasteiger partial charge in [-0.25, -0.2) is 15.0 Å². The third kappa shape index (κ3) is 2.92. The van der Waals surface area contributed by atoms with E-state index in [0.717, 1.165) is 28.0 Å². The molecule has 0 bridgehead atoms. The maximum atomic E-state index is 12.8. The Bertz CT molecular complexity index is 1100. The van der Waals surface area contributed by atoms with Gasteiger partial charge >= 0.3 is 0 Å².